The van der Waals surface area contributed by atoms with Crippen molar-refractivity contribution in [3.63, 3.8) is 0 Å². The number of aryl methyl sites for hydroxylation is 1. The van der Waals surface area contributed by atoms with Gasteiger partial charge in [0, 0.05) is 12.6 Å². The number of nitrogens with one attached hydrogen (secondary N) is 1. The number of hydrogen-bond acceptors (Lipinski definition) is 4. The SMILES string of the molecule is Cc1ccc2onc(NCC(C)N)c2c1. The van der Waals surface area contributed by atoms with E-state index in [-0.39, 0.29) is 6.04 Å². The number of anilines is 1. The van der Waals surface area contributed by atoms with Gasteiger partial charge in [0.15, 0.2) is 11.4 Å². The van der Waals surface area contributed by atoms with Gasteiger partial charge >= 0.3 is 0 Å². The molecular weight excluding hydrogens is 190 g/mol. The summed E-state index contributed by atoms with van der Waals surface area (Å²) in [6.45, 7) is 4.68. The maximum atomic E-state index is 5.66. The molecule has 0 aliphatic heterocycles. The second-order valence-electron chi connectivity index (χ2n) is 3.89. The van der Waals surface area contributed by atoms with Gasteiger partial charge in [-0.1, -0.05) is 16.8 Å². The number of hydrogen-bond donors (Lipinski definition) is 2. The van der Waals surface area contributed by atoms with E-state index in [1.807, 2.05) is 26.0 Å². The fraction of sp³-hybridized carbons (Fsp3) is 0.364. The minimum atomic E-state index is 0.0987. The molecule has 2 rings (SSSR count). The molecule has 1 unspecified atom stereocenters. The molecule has 0 bridgehead atoms. The van der Waals surface area contributed by atoms with Crippen LogP contribution in [0.4, 0.5) is 5.82 Å². The molecule has 1 aromatic carbocycles. The van der Waals surface area contributed by atoms with Crippen LogP contribution in [-0.4, -0.2) is 17.7 Å². The van der Waals surface area contributed by atoms with Crippen molar-refractivity contribution in [2.45, 2.75) is 19.9 Å². The van der Waals surface area contributed by atoms with Gasteiger partial charge in [0.05, 0.1) is 5.39 Å². The Bertz CT molecular complexity index is 462. The molecule has 80 valence electrons. The molecule has 0 saturated heterocycles. The summed E-state index contributed by atoms with van der Waals surface area (Å²) in [5.41, 5.74) is 7.65. The molecule has 0 aliphatic rings. The molecule has 3 N–H and O–H groups in total. The summed E-state index contributed by atoms with van der Waals surface area (Å²) in [6.07, 6.45) is 0. The highest BCUT2D eigenvalue weighted by Gasteiger charge is 2.07. The molecule has 0 spiro atoms. The zero-order valence-electron chi connectivity index (χ0n) is 8.95. The van der Waals surface area contributed by atoms with E-state index in [4.69, 9.17) is 10.3 Å². The van der Waals surface area contributed by atoms with Crippen LogP contribution in [0.2, 0.25) is 0 Å². The Morgan fingerprint density at radius 1 is 1.53 bits per heavy atom. The first-order valence-corrected chi connectivity index (χ1v) is 5.02. The second kappa shape index (κ2) is 3.90. The number of fused-ring (bicyclic) bond motifs is 1. The average Bonchev–Trinajstić information content (AvgIpc) is 2.57. The predicted octanol–water partition coefficient (Wildman–Crippen LogP) is 1.90. The van der Waals surface area contributed by atoms with E-state index in [9.17, 15) is 0 Å². The van der Waals surface area contributed by atoms with Gasteiger partial charge in [0.25, 0.3) is 0 Å². The number of rotatable bonds is 3. The third kappa shape index (κ3) is 2.10. The minimum Gasteiger partial charge on any atom is -0.365 e. The van der Waals surface area contributed by atoms with Crippen LogP contribution >= 0.6 is 0 Å². The van der Waals surface area contributed by atoms with Crippen LogP contribution in [0.3, 0.4) is 0 Å². The van der Waals surface area contributed by atoms with Crippen molar-refractivity contribution in [1.29, 1.82) is 0 Å². The van der Waals surface area contributed by atoms with E-state index in [0.29, 0.717) is 6.54 Å². The fourth-order valence-electron chi connectivity index (χ4n) is 1.44. The van der Waals surface area contributed by atoms with Crippen molar-refractivity contribution in [1.82, 2.24) is 5.16 Å². The van der Waals surface area contributed by atoms with Gasteiger partial charge in [-0.2, -0.15) is 0 Å². The summed E-state index contributed by atoms with van der Waals surface area (Å²) in [5.74, 6) is 0.769. The lowest BCUT2D eigenvalue weighted by Crippen LogP contribution is -2.25. The van der Waals surface area contributed by atoms with Crippen molar-refractivity contribution in [2.24, 2.45) is 5.73 Å². The molecule has 0 saturated carbocycles. The lowest BCUT2D eigenvalue weighted by atomic mass is 10.2. The van der Waals surface area contributed by atoms with Crippen LogP contribution < -0.4 is 11.1 Å². The van der Waals surface area contributed by atoms with Gasteiger partial charge in [0.2, 0.25) is 0 Å². The van der Waals surface area contributed by atoms with Crippen LogP contribution in [0.25, 0.3) is 11.0 Å². The first-order valence-electron chi connectivity index (χ1n) is 5.02. The Morgan fingerprint density at radius 3 is 3.07 bits per heavy atom. The maximum Gasteiger partial charge on any atom is 0.177 e. The van der Waals surface area contributed by atoms with Crippen LogP contribution in [0.5, 0.6) is 0 Å². The molecular formula is C11H15N3O. The molecule has 0 amide bonds. The highest BCUT2D eigenvalue weighted by atomic mass is 16.5. The van der Waals surface area contributed by atoms with Crippen LogP contribution in [0.15, 0.2) is 22.7 Å². The Balaban J connectivity index is 2.31. The topological polar surface area (TPSA) is 64.1 Å². The predicted molar refractivity (Wildman–Crippen MR) is 60.9 cm³/mol. The summed E-state index contributed by atoms with van der Waals surface area (Å²) in [5, 5.41) is 8.14. The van der Waals surface area contributed by atoms with E-state index in [1.165, 1.54) is 5.56 Å². The molecule has 0 aliphatic carbocycles. The lowest BCUT2D eigenvalue weighted by molar-refractivity contribution is 0.459. The molecule has 0 radical (unpaired) electrons. The van der Waals surface area contributed by atoms with Crippen molar-refractivity contribution in [3.05, 3.63) is 23.8 Å². The molecule has 0 fully saturated rings. The van der Waals surface area contributed by atoms with Crippen LogP contribution in [-0.2, 0) is 0 Å². The lowest BCUT2D eigenvalue weighted by Gasteiger charge is -2.05. The Morgan fingerprint density at radius 2 is 2.33 bits per heavy atom. The molecule has 1 aromatic heterocycles. The number of aromatic nitrogens is 1. The maximum absolute atomic E-state index is 5.66. The van der Waals surface area contributed by atoms with Crippen LogP contribution in [0, 0.1) is 6.92 Å². The van der Waals surface area contributed by atoms with E-state index in [0.717, 1.165) is 16.8 Å². The van der Waals surface area contributed by atoms with Gasteiger partial charge < -0.3 is 15.6 Å². The zero-order chi connectivity index (χ0) is 10.8. The number of nitrogens with two attached hydrogens (primary N) is 1. The largest absolute Gasteiger partial charge is 0.365 e. The van der Waals surface area contributed by atoms with E-state index >= 15 is 0 Å². The van der Waals surface area contributed by atoms with Crippen LogP contribution in [0.1, 0.15) is 12.5 Å². The van der Waals surface area contributed by atoms with Gasteiger partial charge in [-0.15, -0.1) is 0 Å². The summed E-state index contributed by atoms with van der Waals surface area (Å²) in [7, 11) is 0. The smallest absolute Gasteiger partial charge is 0.177 e. The second-order valence-corrected chi connectivity index (χ2v) is 3.89. The van der Waals surface area contributed by atoms with E-state index < -0.39 is 0 Å². The van der Waals surface area contributed by atoms with Gasteiger partial charge in [-0.05, 0) is 26.0 Å². The minimum absolute atomic E-state index is 0.0987. The van der Waals surface area contributed by atoms with Gasteiger partial charge in [-0.3, -0.25) is 0 Å². The Labute approximate surface area is 88.4 Å². The Kier molecular flexibility index (Phi) is 2.60. The van der Waals surface area contributed by atoms with Gasteiger partial charge in [0.1, 0.15) is 0 Å². The molecule has 15 heavy (non-hydrogen) atoms. The zero-order valence-corrected chi connectivity index (χ0v) is 8.95. The van der Waals surface area contributed by atoms with Gasteiger partial charge in [-0.25, -0.2) is 0 Å². The number of nitrogens with zero attached hydrogens (tertiary/aromatic N) is 1. The first kappa shape index (κ1) is 9.98. The summed E-state index contributed by atoms with van der Waals surface area (Å²) in [4.78, 5) is 0. The molecule has 1 heterocycles. The first-order chi connectivity index (χ1) is 7.16. The third-order valence-electron chi connectivity index (χ3n) is 2.22. The van der Waals surface area contributed by atoms with Crippen molar-refractivity contribution >= 4 is 16.8 Å². The summed E-state index contributed by atoms with van der Waals surface area (Å²) < 4.78 is 5.18. The molecule has 1 atom stereocenters. The van der Waals surface area contributed by atoms with Crippen molar-refractivity contribution in [2.75, 3.05) is 11.9 Å². The Hall–Kier alpha value is -1.55. The highest BCUT2D eigenvalue weighted by Crippen LogP contribution is 2.23. The molecule has 4 nitrogen and oxygen atoms in total. The van der Waals surface area contributed by atoms with Crippen molar-refractivity contribution < 1.29 is 4.52 Å². The third-order valence-corrected chi connectivity index (χ3v) is 2.22. The quantitative estimate of drug-likeness (QED) is 0.803. The normalized spacial score (nSPS) is 13.0. The van der Waals surface area contributed by atoms with E-state index in [2.05, 4.69) is 16.5 Å². The average molecular weight is 205 g/mol. The molecule has 4 heteroatoms. The molecule has 2 aromatic rings. The summed E-state index contributed by atoms with van der Waals surface area (Å²) >= 11 is 0. The van der Waals surface area contributed by atoms with Crippen molar-refractivity contribution in [3.8, 4) is 0 Å². The number of benzene rings is 1. The highest BCUT2D eigenvalue weighted by molar-refractivity contribution is 5.88. The van der Waals surface area contributed by atoms with E-state index in [1.54, 1.807) is 0 Å². The fourth-order valence-corrected chi connectivity index (χ4v) is 1.44. The standard InChI is InChI=1S/C11H15N3O/c1-7-3-4-10-9(5-7)11(14-15-10)13-6-8(2)12/h3-5,8H,6,12H2,1-2H3,(H,13,14). The monoisotopic (exact) mass is 205 g/mol. The summed E-state index contributed by atoms with van der Waals surface area (Å²) in [6, 6.07) is 6.08.